The second kappa shape index (κ2) is 5.23. The minimum Gasteiger partial charge on any atom is -0.409 e. The molecule has 6 nitrogen and oxygen atoms in total. The van der Waals surface area contributed by atoms with Crippen LogP contribution in [0.2, 0.25) is 0 Å². The molecule has 0 aromatic rings. The lowest BCUT2D eigenvalue weighted by molar-refractivity contribution is 0.197. The van der Waals surface area contributed by atoms with Gasteiger partial charge in [-0.15, -0.1) is 0 Å². The maximum Gasteiger partial charge on any atom is 0.317 e. The molecule has 1 atom stereocenters. The van der Waals surface area contributed by atoms with E-state index in [-0.39, 0.29) is 17.9 Å². The molecule has 0 aliphatic carbocycles. The van der Waals surface area contributed by atoms with E-state index in [1.54, 1.807) is 14.1 Å². The number of nitrogens with zero attached hydrogens (tertiary/aromatic N) is 2. The Balaban J connectivity index is 4.10. The molecule has 2 amide bonds. The first kappa shape index (κ1) is 11.5. The van der Waals surface area contributed by atoms with Crippen molar-refractivity contribution in [1.29, 1.82) is 0 Å². The van der Waals surface area contributed by atoms with E-state index in [4.69, 9.17) is 10.9 Å². The number of amidine groups is 1. The summed E-state index contributed by atoms with van der Waals surface area (Å²) >= 11 is 0. The Labute approximate surface area is 77.4 Å². The average Bonchev–Trinajstić information content (AvgIpc) is 2.14. The van der Waals surface area contributed by atoms with Gasteiger partial charge in [0, 0.05) is 26.6 Å². The Morgan fingerprint density at radius 3 is 2.69 bits per heavy atom. The number of oxime groups is 1. The van der Waals surface area contributed by atoms with Crippen molar-refractivity contribution >= 4 is 11.9 Å². The molecule has 0 rings (SSSR count). The highest BCUT2D eigenvalue weighted by Gasteiger charge is 2.15. The smallest absolute Gasteiger partial charge is 0.317 e. The number of rotatable bonds is 3. The molecule has 1 unspecified atom stereocenters. The molecule has 6 heteroatoms. The van der Waals surface area contributed by atoms with Crippen LogP contribution >= 0.6 is 0 Å². The van der Waals surface area contributed by atoms with Crippen molar-refractivity contribution in [3.63, 3.8) is 0 Å². The van der Waals surface area contributed by atoms with Crippen LogP contribution in [0.1, 0.15) is 13.3 Å². The molecule has 0 aromatic carbocycles. The van der Waals surface area contributed by atoms with Crippen molar-refractivity contribution in [1.82, 2.24) is 10.2 Å². The van der Waals surface area contributed by atoms with Gasteiger partial charge >= 0.3 is 6.03 Å². The Hall–Kier alpha value is -1.46. The van der Waals surface area contributed by atoms with Crippen molar-refractivity contribution in [2.45, 2.75) is 19.4 Å². The first-order valence-corrected chi connectivity index (χ1v) is 3.93. The molecule has 0 heterocycles. The van der Waals surface area contributed by atoms with Gasteiger partial charge in [0.15, 0.2) is 0 Å². The Bertz CT molecular complexity index is 205. The first-order chi connectivity index (χ1) is 6.02. The summed E-state index contributed by atoms with van der Waals surface area (Å²) in [6.45, 7) is 1.81. The van der Waals surface area contributed by atoms with Crippen LogP contribution in [0.15, 0.2) is 5.16 Å². The number of carbonyl (C=O) groups excluding carboxylic acids is 1. The van der Waals surface area contributed by atoms with Crippen LogP contribution in [0.25, 0.3) is 0 Å². The van der Waals surface area contributed by atoms with E-state index in [1.165, 1.54) is 4.90 Å². The highest BCUT2D eigenvalue weighted by molar-refractivity contribution is 5.81. The van der Waals surface area contributed by atoms with Gasteiger partial charge in [-0.3, -0.25) is 0 Å². The van der Waals surface area contributed by atoms with E-state index in [1.807, 2.05) is 6.92 Å². The molecule has 0 aliphatic rings. The summed E-state index contributed by atoms with van der Waals surface area (Å²) < 4.78 is 0. The van der Waals surface area contributed by atoms with E-state index >= 15 is 0 Å². The second-order valence-electron chi connectivity index (χ2n) is 2.81. The predicted molar refractivity (Wildman–Crippen MR) is 49.7 cm³/mol. The third-order valence-corrected chi connectivity index (χ3v) is 1.83. The summed E-state index contributed by atoms with van der Waals surface area (Å²) in [6.07, 6.45) is 0.348. The summed E-state index contributed by atoms with van der Waals surface area (Å²) in [6, 6.07) is -0.297. The number of nitrogens with two attached hydrogens (primary N) is 1. The monoisotopic (exact) mass is 188 g/mol. The Kier molecular flexibility index (Phi) is 4.64. The lowest BCUT2D eigenvalue weighted by atomic mass is 10.2. The highest BCUT2D eigenvalue weighted by Crippen LogP contribution is 2.00. The fourth-order valence-electron chi connectivity index (χ4n) is 0.857. The van der Waals surface area contributed by atoms with Gasteiger partial charge in [0.05, 0.1) is 0 Å². The van der Waals surface area contributed by atoms with Gasteiger partial charge in [-0.05, 0) is 6.92 Å². The lowest BCUT2D eigenvalue weighted by Crippen LogP contribution is -2.42. The van der Waals surface area contributed by atoms with Crippen LogP contribution in [-0.2, 0) is 0 Å². The lowest BCUT2D eigenvalue weighted by Gasteiger charge is -2.23. The van der Waals surface area contributed by atoms with Crippen LogP contribution in [-0.4, -0.2) is 42.1 Å². The van der Waals surface area contributed by atoms with E-state index in [2.05, 4.69) is 10.5 Å². The van der Waals surface area contributed by atoms with Crippen LogP contribution < -0.4 is 11.1 Å². The molecule has 13 heavy (non-hydrogen) atoms. The van der Waals surface area contributed by atoms with Crippen molar-refractivity contribution in [2.24, 2.45) is 10.9 Å². The number of hydrogen-bond acceptors (Lipinski definition) is 3. The van der Waals surface area contributed by atoms with Gasteiger partial charge < -0.3 is 21.2 Å². The zero-order valence-electron chi connectivity index (χ0n) is 8.11. The molecule has 0 spiro atoms. The topological polar surface area (TPSA) is 91.0 Å². The van der Waals surface area contributed by atoms with E-state index < -0.39 is 0 Å². The molecule has 0 aromatic heterocycles. The van der Waals surface area contributed by atoms with E-state index in [9.17, 15) is 4.79 Å². The average molecular weight is 188 g/mol. The zero-order chi connectivity index (χ0) is 10.4. The molecule has 0 saturated carbocycles. The quantitative estimate of drug-likeness (QED) is 0.247. The first-order valence-electron chi connectivity index (χ1n) is 3.93. The number of urea groups is 1. The van der Waals surface area contributed by atoms with Gasteiger partial charge in [0.25, 0.3) is 0 Å². The van der Waals surface area contributed by atoms with Crippen LogP contribution in [0.4, 0.5) is 4.79 Å². The summed E-state index contributed by atoms with van der Waals surface area (Å²) in [7, 11) is 3.20. The third kappa shape index (κ3) is 3.64. The van der Waals surface area contributed by atoms with Crippen LogP contribution in [0.5, 0.6) is 0 Å². The summed E-state index contributed by atoms with van der Waals surface area (Å²) in [5, 5.41) is 13.6. The maximum absolute atomic E-state index is 11.1. The molecule has 4 N–H and O–H groups in total. The maximum atomic E-state index is 11.1. The largest absolute Gasteiger partial charge is 0.409 e. The summed E-state index contributed by atoms with van der Waals surface area (Å²) in [5.74, 6) is 0.114. The molecule has 0 aliphatic heterocycles. The minimum absolute atomic E-state index is 0.101. The second-order valence-corrected chi connectivity index (χ2v) is 2.81. The van der Waals surface area contributed by atoms with E-state index in [0.29, 0.717) is 6.42 Å². The SMILES string of the molecule is CNC(=O)N(C)C(C)CC(N)=NO. The third-order valence-electron chi connectivity index (χ3n) is 1.83. The van der Waals surface area contributed by atoms with Gasteiger partial charge in [-0.2, -0.15) is 0 Å². The fourth-order valence-corrected chi connectivity index (χ4v) is 0.857. The van der Waals surface area contributed by atoms with Crippen LogP contribution in [0.3, 0.4) is 0 Å². The number of amides is 2. The van der Waals surface area contributed by atoms with Gasteiger partial charge in [0.1, 0.15) is 5.84 Å². The van der Waals surface area contributed by atoms with Crippen molar-refractivity contribution in [3.8, 4) is 0 Å². The fraction of sp³-hybridized carbons (Fsp3) is 0.714. The van der Waals surface area contributed by atoms with Crippen molar-refractivity contribution < 1.29 is 10.0 Å². The molecule has 0 bridgehead atoms. The van der Waals surface area contributed by atoms with Gasteiger partial charge in [-0.1, -0.05) is 5.16 Å². The van der Waals surface area contributed by atoms with Gasteiger partial charge in [-0.25, -0.2) is 4.79 Å². The van der Waals surface area contributed by atoms with Crippen molar-refractivity contribution in [2.75, 3.05) is 14.1 Å². The van der Waals surface area contributed by atoms with E-state index in [0.717, 1.165) is 0 Å². The molecule has 0 fully saturated rings. The number of nitrogens with one attached hydrogen (secondary N) is 1. The van der Waals surface area contributed by atoms with Crippen LogP contribution in [0, 0.1) is 0 Å². The normalized spacial score (nSPS) is 13.6. The number of hydrogen-bond donors (Lipinski definition) is 3. The molecular weight excluding hydrogens is 172 g/mol. The minimum atomic E-state index is -0.196. The summed E-state index contributed by atoms with van der Waals surface area (Å²) in [4.78, 5) is 12.6. The number of carbonyl (C=O) groups is 1. The van der Waals surface area contributed by atoms with Gasteiger partial charge in [0.2, 0.25) is 0 Å². The Morgan fingerprint density at radius 1 is 1.77 bits per heavy atom. The molecular formula is C7H16N4O2. The Morgan fingerprint density at radius 2 is 2.31 bits per heavy atom. The molecule has 76 valence electrons. The zero-order valence-corrected chi connectivity index (χ0v) is 8.11. The highest BCUT2D eigenvalue weighted by atomic mass is 16.4. The molecule has 0 saturated heterocycles. The summed E-state index contributed by atoms with van der Waals surface area (Å²) in [5.41, 5.74) is 5.29. The molecule has 0 radical (unpaired) electrons. The standard InChI is InChI=1S/C7H16N4O2/c1-5(4-6(8)10-13)11(3)7(12)9-2/h5,13H,4H2,1-3H3,(H2,8,10)(H,9,12). The predicted octanol–water partition coefficient (Wildman–Crippen LogP) is -0.217. The van der Waals surface area contributed by atoms with Crippen molar-refractivity contribution in [3.05, 3.63) is 0 Å².